The van der Waals surface area contributed by atoms with Gasteiger partial charge in [0.25, 0.3) is 0 Å². The van der Waals surface area contributed by atoms with Crippen LogP contribution in [0.5, 0.6) is 0 Å². The molecule has 1 rings (SSSR count). The second-order valence-corrected chi connectivity index (χ2v) is 4.82. The Labute approximate surface area is 113 Å². The average molecular weight is 274 g/mol. The van der Waals surface area contributed by atoms with Gasteiger partial charge in [0.2, 0.25) is 0 Å². The van der Waals surface area contributed by atoms with Gasteiger partial charge in [-0.05, 0) is 6.92 Å². The van der Waals surface area contributed by atoms with Gasteiger partial charge in [-0.2, -0.15) is 0 Å². The third-order valence-corrected chi connectivity index (χ3v) is 3.28. The van der Waals surface area contributed by atoms with Gasteiger partial charge in [-0.1, -0.05) is 6.92 Å². The van der Waals surface area contributed by atoms with Gasteiger partial charge in [0.15, 0.2) is 0 Å². The Kier molecular flexibility index (Phi) is 5.75. The molecule has 1 saturated heterocycles. The predicted octanol–water partition coefficient (Wildman–Crippen LogP) is 0.920. The lowest BCUT2D eigenvalue weighted by molar-refractivity contribution is -0.222. The van der Waals surface area contributed by atoms with Crippen molar-refractivity contribution in [3.8, 4) is 0 Å². The maximum absolute atomic E-state index is 11.1. The van der Waals surface area contributed by atoms with Gasteiger partial charge < -0.3 is 18.9 Å². The molecule has 1 fully saturated rings. The van der Waals surface area contributed by atoms with Crippen molar-refractivity contribution >= 4 is 11.9 Å². The molecular weight excluding hydrogens is 252 g/mol. The number of ether oxygens (including phenoxy) is 4. The van der Waals surface area contributed by atoms with Gasteiger partial charge >= 0.3 is 11.9 Å². The third kappa shape index (κ3) is 4.18. The molecule has 4 unspecified atom stereocenters. The maximum atomic E-state index is 11.1. The lowest BCUT2D eigenvalue weighted by atomic mass is 9.88. The van der Waals surface area contributed by atoms with Crippen molar-refractivity contribution in [3.63, 3.8) is 0 Å². The van der Waals surface area contributed by atoms with E-state index in [1.54, 1.807) is 7.11 Å². The fourth-order valence-electron chi connectivity index (χ4n) is 2.48. The van der Waals surface area contributed by atoms with Crippen molar-refractivity contribution in [1.82, 2.24) is 0 Å². The normalized spacial score (nSPS) is 34.7. The Morgan fingerprint density at radius 2 is 1.74 bits per heavy atom. The van der Waals surface area contributed by atoms with Crippen LogP contribution in [0.1, 0.15) is 27.7 Å². The second-order valence-electron chi connectivity index (χ2n) is 4.82. The average Bonchev–Trinajstić information content (AvgIpc) is 2.31. The summed E-state index contributed by atoms with van der Waals surface area (Å²) in [6, 6.07) is 0. The minimum Gasteiger partial charge on any atom is -0.463 e. The van der Waals surface area contributed by atoms with E-state index in [-0.39, 0.29) is 48.9 Å². The lowest BCUT2D eigenvalue weighted by Crippen LogP contribution is -2.55. The van der Waals surface area contributed by atoms with Crippen molar-refractivity contribution in [2.75, 3.05) is 13.7 Å². The molecule has 0 aliphatic carbocycles. The number of carbonyl (C=O) groups excluding carboxylic acids is 2. The van der Waals surface area contributed by atoms with Gasteiger partial charge in [0, 0.05) is 26.9 Å². The van der Waals surface area contributed by atoms with Crippen LogP contribution in [0.2, 0.25) is 0 Å². The molecular formula is C13H22O6. The van der Waals surface area contributed by atoms with Crippen LogP contribution in [0.25, 0.3) is 0 Å². The molecule has 1 aliphatic heterocycles. The van der Waals surface area contributed by atoms with Gasteiger partial charge in [-0.15, -0.1) is 0 Å². The minimum atomic E-state index is -0.365. The smallest absolute Gasteiger partial charge is 0.303 e. The monoisotopic (exact) mass is 274 g/mol. The number of carbonyl (C=O) groups is 2. The largest absolute Gasteiger partial charge is 0.463 e. The number of methoxy groups -OCH3 is 1. The van der Waals surface area contributed by atoms with E-state index in [1.165, 1.54) is 13.8 Å². The molecule has 0 bridgehead atoms. The molecule has 0 aromatic heterocycles. The van der Waals surface area contributed by atoms with E-state index < -0.39 is 0 Å². The molecule has 6 heteroatoms. The van der Waals surface area contributed by atoms with Crippen LogP contribution in [0.3, 0.4) is 0 Å². The van der Waals surface area contributed by atoms with E-state index in [2.05, 4.69) is 0 Å². The van der Waals surface area contributed by atoms with E-state index >= 15 is 0 Å². The third-order valence-electron chi connectivity index (χ3n) is 3.28. The first-order chi connectivity index (χ1) is 8.86. The summed E-state index contributed by atoms with van der Waals surface area (Å²) in [4.78, 5) is 22.0. The highest BCUT2D eigenvalue weighted by atomic mass is 16.6. The Morgan fingerprint density at radius 1 is 1.11 bits per heavy atom. The molecule has 0 aromatic rings. The van der Waals surface area contributed by atoms with E-state index in [4.69, 9.17) is 18.9 Å². The SMILES string of the molecule is COC1C(COC(C)=O)O[C@@H](C)C(OC(C)=O)C1C. The van der Waals surface area contributed by atoms with Crippen molar-refractivity contribution < 1.29 is 28.5 Å². The minimum absolute atomic E-state index is 0.0433. The Hall–Kier alpha value is -1.14. The molecule has 0 spiro atoms. The zero-order valence-corrected chi connectivity index (χ0v) is 12.0. The first-order valence-electron chi connectivity index (χ1n) is 6.35. The van der Waals surface area contributed by atoms with Crippen LogP contribution in [-0.2, 0) is 28.5 Å². The summed E-state index contributed by atoms with van der Waals surface area (Å²) in [5.74, 6) is -0.750. The fourth-order valence-corrected chi connectivity index (χ4v) is 2.48. The summed E-state index contributed by atoms with van der Waals surface area (Å²) in [5, 5.41) is 0. The number of rotatable bonds is 4. The quantitative estimate of drug-likeness (QED) is 0.710. The zero-order chi connectivity index (χ0) is 14.6. The number of hydrogen-bond donors (Lipinski definition) is 0. The number of hydrogen-bond acceptors (Lipinski definition) is 6. The van der Waals surface area contributed by atoms with Crippen LogP contribution in [-0.4, -0.2) is 50.1 Å². The van der Waals surface area contributed by atoms with Crippen molar-refractivity contribution in [3.05, 3.63) is 0 Å². The van der Waals surface area contributed by atoms with Crippen molar-refractivity contribution in [2.45, 2.75) is 52.1 Å². The van der Waals surface area contributed by atoms with Gasteiger partial charge in [-0.3, -0.25) is 9.59 Å². The standard InChI is InChI=1S/C13H22O6/c1-7-12(19-10(4)15)8(2)18-11(13(7)16-5)6-17-9(3)14/h7-8,11-13H,6H2,1-5H3/t7?,8-,11?,12?,13?/m0/s1. The topological polar surface area (TPSA) is 71.1 Å². The summed E-state index contributed by atoms with van der Waals surface area (Å²) in [5.41, 5.74) is 0. The Morgan fingerprint density at radius 3 is 2.21 bits per heavy atom. The highest BCUT2D eigenvalue weighted by Gasteiger charge is 2.44. The van der Waals surface area contributed by atoms with Gasteiger partial charge in [0.1, 0.15) is 18.8 Å². The van der Waals surface area contributed by atoms with Gasteiger partial charge in [0.05, 0.1) is 12.2 Å². The summed E-state index contributed by atoms with van der Waals surface area (Å²) in [6.45, 7) is 6.61. The lowest BCUT2D eigenvalue weighted by Gasteiger charge is -2.43. The van der Waals surface area contributed by atoms with Crippen molar-refractivity contribution in [1.29, 1.82) is 0 Å². The molecule has 0 aromatic carbocycles. The molecule has 19 heavy (non-hydrogen) atoms. The second kappa shape index (κ2) is 6.86. The molecule has 6 nitrogen and oxygen atoms in total. The van der Waals surface area contributed by atoms with Crippen LogP contribution in [0.4, 0.5) is 0 Å². The molecule has 1 heterocycles. The molecule has 0 N–H and O–H groups in total. The number of esters is 2. The van der Waals surface area contributed by atoms with Crippen LogP contribution in [0.15, 0.2) is 0 Å². The summed E-state index contributed by atoms with van der Waals surface area (Å²) >= 11 is 0. The van der Waals surface area contributed by atoms with E-state index in [0.717, 1.165) is 0 Å². The highest BCUT2D eigenvalue weighted by molar-refractivity contribution is 5.66. The van der Waals surface area contributed by atoms with Crippen molar-refractivity contribution in [2.24, 2.45) is 5.92 Å². The molecule has 110 valence electrons. The first kappa shape index (κ1) is 15.9. The van der Waals surface area contributed by atoms with E-state index in [0.29, 0.717) is 0 Å². The summed E-state index contributed by atoms with van der Waals surface area (Å²) in [6.07, 6.45) is -1.28. The summed E-state index contributed by atoms with van der Waals surface area (Å²) in [7, 11) is 1.56. The molecule has 0 saturated carbocycles. The van der Waals surface area contributed by atoms with Gasteiger partial charge in [-0.25, -0.2) is 0 Å². The Bertz CT molecular complexity index is 327. The fraction of sp³-hybridized carbons (Fsp3) is 0.846. The highest BCUT2D eigenvalue weighted by Crippen LogP contribution is 2.30. The van der Waals surface area contributed by atoms with Crippen LogP contribution in [0, 0.1) is 5.92 Å². The van der Waals surface area contributed by atoms with Crippen LogP contribution >= 0.6 is 0 Å². The molecule has 5 atom stereocenters. The molecule has 0 radical (unpaired) electrons. The predicted molar refractivity (Wildman–Crippen MR) is 66.5 cm³/mol. The van der Waals surface area contributed by atoms with E-state index in [9.17, 15) is 9.59 Å². The zero-order valence-electron chi connectivity index (χ0n) is 12.0. The van der Waals surface area contributed by atoms with Crippen LogP contribution < -0.4 is 0 Å². The first-order valence-corrected chi connectivity index (χ1v) is 6.35. The summed E-state index contributed by atoms with van der Waals surface area (Å²) < 4.78 is 21.4. The molecule has 1 aliphatic rings. The Balaban J connectivity index is 2.73. The molecule has 0 amide bonds. The van der Waals surface area contributed by atoms with E-state index in [1.807, 2.05) is 13.8 Å². The maximum Gasteiger partial charge on any atom is 0.303 e.